The van der Waals surface area contributed by atoms with Crippen molar-refractivity contribution in [2.24, 2.45) is 0 Å². The van der Waals surface area contributed by atoms with Crippen molar-refractivity contribution in [3.05, 3.63) is 62.6 Å². The molecule has 0 spiro atoms. The van der Waals surface area contributed by atoms with Gasteiger partial charge in [0.25, 0.3) is 5.56 Å². The Balaban J connectivity index is 2.93. The molecule has 0 N–H and O–H groups in total. The number of aromatic nitrogens is 1. The third-order valence-electron chi connectivity index (χ3n) is 5.15. The average Bonchev–Trinajstić information content (AvgIpc) is 2.63. The van der Waals surface area contributed by atoms with Crippen LogP contribution in [0, 0.1) is 6.92 Å². The predicted molar refractivity (Wildman–Crippen MR) is 113 cm³/mol. The second kappa shape index (κ2) is 9.75. The van der Waals surface area contributed by atoms with Gasteiger partial charge in [-0.25, -0.2) is 0 Å². The summed E-state index contributed by atoms with van der Waals surface area (Å²) in [4.78, 5) is 13.6. The number of hydrogen-bond donors (Lipinski definition) is 0. The van der Waals surface area contributed by atoms with Crippen LogP contribution in [0.15, 0.2) is 29.1 Å². The van der Waals surface area contributed by atoms with E-state index in [4.69, 9.17) is 0 Å². The maximum atomic E-state index is 13.6. The molecule has 0 aliphatic heterocycles. The molecule has 0 atom stereocenters. The maximum absolute atomic E-state index is 13.6. The van der Waals surface area contributed by atoms with Crippen molar-refractivity contribution in [1.29, 1.82) is 0 Å². The zero-order valence-electron chi connectivity index (χ0n) is 17.3. The van der Waals surface area contributed by atoms with Gasteiger partial charge in [-0.05, 0) is 55.4 Å². The van der Waals surface area contributed by atoms with Crippen LogP contribution in [0.2, 0.25) is 0 Å². The molecule has 1 heterocycles. The van der Waals surface area contributed by atoms with Crippen molar-refractivity contribution >= 4 is 0 Å². The summed E-state index contributed by atoms with van der Waals surface area (Å²) in [5.74, 6) is 0. The minimum absolute atomic E-state index is 0.216. The van der Waals surface area contributed by atoms with Crippen LogP contribution in [-0.2, 0) is 25.7 Å². The first-order valence-electron chi connectivity index (χ1n) is 10.4. The topological polar surface area (TPSA) is 22.0 Å². The number of rotatable bonds is 9. The maximum Gasteiger partial charge on any atom is 0.258 e. The molecule has 0 saturated carbocycles. The quantitative estimate of drug-likeness (QED) is 0.545. The molecule has 2 aromatic rings. The lowest BCUT2D eigenvalue weighted by Gasteiger charge is -2.24. The molecule has 142 valence electrons. The molecule has 2 nitrogen and oxygen atoms in total. The van der Waals surface area contributed by atoms with Crippen molar-refractivity contribution in [2.75, 3.05) is 0 Å². The Morgan fingerprint density at radius 3 is 1.85 bits per heavy atom. The fraction of sp³-hybridized carbons (Fsp3) is 0.542. The Morgan fingerprint density at radius 2 is 1.27 bits per heavy atom. The fourth-order valence-electron chi connectivity index (χ4n) is 4.05. The van der Waals surface area contributed by atoms with E-state index in [2.05, 4.69) is 52.8 Å². The van der Waals surface area contributed by atoms with Crippen molar-refractivity contribution in [2.45, 2.75) is 86.0 Å². The van der Waals surface area contributed by atoms with E-state index in [1.54, 1.807) is 0 Å². The molecule has 2 heteroatoms. The Bertz CT molecular complexity index is 786. The predicted octanol–water partition coefficient (Wildman–Crippen LogP) is 5.96. The zero-order chi connectivity index (χ0) is 19.1. The first-order valence-corrected chi connectivity index (χ1v) is 10.4. The molecule has 1 aromatic carbocycles. The molecule has 1 aromatic heterocycles. The van der Waals surface area contributed by atoms with E-state index in [1.165, 1.54) is 22.4 Å². The summed E-state index contributed by atoms with van der Waals surface area (Å²) in [6, 6.07) is 8.30. The lowest BCUT2D eigenvalue weighted by Crippen LogP contribution is -2.30. The summed E-state index contributed by atoms with van der Waals surface area (Å²) in [6.07, 6.45) is 8.20. The highest BCUT2D eigenvalue weighted by atomic mass is 16.1. The lowest BCUT2D eigenvalue weighted by molar-refractivity contribution is 0.725. The largest absolute Gasteiger partial charge is 0.281 e. The molecule has 2 rings (SSSR count). The number of para-hydroxylation sites is 1. The Morgan fingerprint density at radius 1 is 0.731 bits per heavy atom. The third kappa shape index (κ3) is 4.11. The van der Waals surface area contributed by atoms with E-state index in [1.807, 2.05) is 10.6 Å². The van der Waals surface area contributed by atoms with Crippen LogP contribution >= 0.6 is 0 Å². The summed E-state index contributed by atoms with van der Waals surface area (Å²) < 4.78 is 2.05. The highest BCUT2D eigenvalue weighted by molar-refractivity contribution is 5.47. The number of benzene rings is 1. The highest BCUT2D eigenvalue weighted by Crippen LogP contribution is 2.26. The van der Waals surface area contributed by atoms with Gasteiger partial charge in [0.05, 0.1) is 5.69 Å². The molecule has 0 amide bonds. The van der Waals surface area contributed by atoms with Crippen molar-refractivity contribution in [3.8, 4) is 5.69 Å². The van der Waals surface area contributed by atoms with Gasteiger partial charge in [-0.1, -0.05) is 71.6 Å². The van der Waals surface area contributed by atoms with Gasteiger partial charge in [0.1, 0.15) is 0 Å². The Hall–Kier alpha value is -1.83. The smallest absolute Gasteiger partial charge is 0.258 e. The van der Waals surface area contributed by atoms with Crippen molar-refractivity contribution in [3.63, 3.8) is 0 Å². The van der Waals surface area contributed by atoms with Crippen LogP contribution in [0.5, 0.6) is 0 Å². The minimum Gasteiger partial charge on any atom is -0.281 e. The summed E-state index contributed by atoms with van der Waals surface area (Å²) in [5.41, 5.74) is 7.54. The van der Waals surface area contributed by atoms with E-state index in [0.29, 0.717) is 0 Å². The molecule has 0 aliphatic rings. The van der Waals surface area contributed by atoms with E-state index in [0.717, 1.165) is 62.6 Å². The highest BCUT2D eigenvalue weighted by Gasteiger charge is 2.21. The summed E-state index contributed by atoms with van der Waals surface area (Å²) in [6.45, 7) is 11.0. The van der Waals surface area contributed by atoms with Gasteiger partial charge in [0, 0.05) is 11.3 Å². The molecule has 0 aliphatic carbocycles. The average molecular weight is 354 g/mol. The van der Waals surface area contributed by atoms with Crippen LogP contribution < -0.4 is 5.56 Å². The molecule has 0 bridgehead atoms. The fourth-order valence-corrected chi connectivity index (χ4v) is 4.05. The summed E-state index contributed by atoms with van der Waals surface area (Å²) >= 11 is 0. The molecule has 0 radical (unpaired) electrons. The van der Waals surface area contributed by atoms with Crippen molar-refractivity contribution < 1.29 is 0 Å². The SMILES string of the molecule is CCCc1c(CCC)c(CCC)n(-c2ccccc2C)c(=O)c1CCC. The Labute approximate surface area is 159 Å². The van der Waals surface area contributed by atoms with Gasteiger partial charge in [-0.3, -0.25) is 9.36 Å². The molecule has 26 heavy (non-hydrogen) atoms. The van der Waals surface area contributed by atoms with E-state index < -0.39 is 0 Å². The lowest BCUT2D eigenvalue weighted by atomic mass is 9.90. The van der Waals surface area contributed by atoms with E-state index in [-0.39, 0.29) is 5.56 Å². The van der Waals surface area contributed by atoms with E-state index >= 15 is 0 Å². The standard InChI is InChI=1S/C24H35NO/c1-6-12-19-20(13-7-2)23(15-9-4)25(24(26)21(19)14-8-3)22-17-11-10-16-18(22)5/h10-11,16-17H,6-9,12-15H2,1-5H3. The van der Waals surface area contributed by atoms with Gasteiger partial charge in [-0.2, -0.15) is 0 Å². The summed E-state index contributed by atoms with van der Waals surface area (Å²) in [5, 5.41) is 0. The van der Waals surface area contributed by atoms with Crippen LogP contribution in [0.4, 0.5) is 0 Å². The molecular weight excluding hydrogens is 318 g/mol. The van der Waals surface area contributed by atoms with Crippen LogP contribution in [0.25, 0.3) is 5.69 Å². The minimum atomic E-state index is 0.216. The van der Waals surface area contributed by atoms with E-state index in [9.17, 15) is 4.79 Å². The van der Waals surface area contributed by atoms with Gasteiger partial charge < -0.3 is 0 Å². The van der Waals surface area contributed by atoms with Crippen molar-refractivity contribution in [1.82, 2.24) is 4.57 Å². The number of nitrogens with zero attached hydrogens (tertiary/aromatic N) is 1. The van der Waals surface area contributed by atoms with Gasteiger partial charge in [-0.15, -0.1) is 0 Å². The first-order chi connectivity index (χ1) is 12.6. The molecule has 0 fully saturated rings. The van der Waals surface area contributed by atoms with Gasteiger partial charge in [0.2, 0.25) is 0 Å². The van der Waals surface area contributed by atoms with Crippen LogP contribution in [0.3, 0.4) is 0 Å². The number of hydrogen-bond acceptors (Lipinski definition) is 1. The van der Waals surface area contributed by atoms with Crippen LogP contribution in [0.1, 0.15) is 81.3 Å². The molecule has 0 unspecified atom stereocenters. The monoisotopic (exact) mass is 353 g/mol. The van der Waals surface area contributed by atoms with Crippen LogP contribution in [-0.4, -0.2) is 4.57 Å². The second-order valence-corrected chi connectivity index (χ2v) is 7.31. The first kappa shape index (κ1) is 20.5. The molecule has 0 saturated heterocycles. The molecular formula is C24H35NO. The zero-order valence-corrected chi connectivity index (χ0v) is 17.3. The normalized spacial score (nSPS) is 11.1. The Kier molecular flexibility index (Phi) is 7.68. The second-order valence-electron chi connectivity index (χ2n) is 7.31. The summed E-state index contributed by atoms with van der Waals surface area (Å²) in [7, 11) is 0. The van der Waals surface area contributed by atoms with Gasteiger partial charge >= 0.3 is 0 Å². The van der Waals surface area contributed by atoms with Gasteiger partial charge in [0.15, 0.2) is 0 Å². The number of aryl methyl sites for hydroxylation is 1. The number of pyridine rings is 1. The third-order valence-corrected chi connectivity index (χ3v) is 5.15.